The number of likely N-dealkylation sites (tertiary alicyclic amines) is 1. The molecular weight excluding hydrogens is 294 g/mol. The lowest BCUT2D eigenvalue weighted by Crippen LogP contribution is -2.45. The lowest BCUT2D eigenvalue weighted by molar-refractivity contribution is 0.113. The third-order valence-electron chi connectivity index (χ3n) is 4.15. The lowest BCUT2D eigenvalue weighted by atomic mass is 10.0. The van der Waals surface area contributed by atoms with Crippen LogP contribution in [0.1, 0.15) is 43.5 Å². The fourth-order valence-corrected chi connectivity index (χ4v) is 2.98. The van der Waals surface area contributed by atoms with Crippen molar-refractivity contribution in [1.29, 1.82) is 5.26 Å². The molecule has 1 atom stereocenters. The first-order chi connectivity index (χ1) is 11.1. The molecule has 124 valence electrons. The minimum absolute atomic E-state index is 0.0430. The van der Waals surface area contributed by atoms with E-state index in [1.165, 1.54) is 7.11 Å². The number of methoxy groups -OCH3 is 1. The Kier molecular flexibility index (Phi) is 5.74. The fourth-order valence-electron chi connectivity index (χ4n) is 2.98. The number of hydrogen-bond acceptors (Lipinski definition) is 6. The van der Waals surface area contributed by atoms with E-state index in [0.29, 0.717) is 24.5 Å². The highest BCUT2D eigenvalue weighted by molar-refractivity contribution is 5.67. The van der Waals surface area contributed by atoms with Crippen molar-refractivity contribution in [2.75, 3.05) is 25.5 Å². The smallest absolute Gasteiger partial charge is 0.409 e. The molecule has 0 bridgehead atoms. The number of ether oxygens (including phenoxy) is 1. The van der Waals surface area contributed by atoms with Gasteiger partial charge in [0.15, 0.2) is 5.82 Å². The molecule has 1 aromatic heterocycles. The maximum Gasteiger partial charge on any atom is 0.409 e. The first-order valence-corrected chi connectivity index (χ1v) is 8.02. The number of hydrogen-bond donors (Lipinski definition) is 1. The van der Waals surface area contributed by atoms with Crippen LogP contribution >= 0.6 is 0 Å². The van der Waals surface area contributed by atoms with E-state index in [9.17, 15) is 10.1 Å². The molecule has 1 amide bonds. The van der Waals surface area contributed by atoms with Gasteiger partial charge in [-0.1, -0.05) is 13.8 Å². The van der Waals surface area contributed by atoms with E-state index in [1.54, 1.807) is 4.90 Å². The van der Waals surface area contributed by atoms with Crippen LogP contribution in [-0.4, -0.2) is 47.4 Å². The van der Waals surface area contributed by atoms with Crippen LogP contribution in [0.3, 0.4) is 0 Å². The molecule has 0 saturated carbocycles. The molecule has 0 spiro atoms. The lowest BCUT2D eigenvalue weighted by Gasteiger charge is -2.32. The van der Waals surface area contributed by atoms with Gasteiger partial charge in [0.05, 0.1) is 12.8 Å². The third kappa shape index (κ3) is 3.70. The van der Waals surface area contributed by atoms with E-state index in [1.807, 2.05) is 13.8 Å². The summed E-state index contributed by atoms with van der Waals surface area (Å²) < 4.78 is 4.78. The van der Waals surface area contributed by atoms with Crippen LogP contribution < -0.4 is 5.32 Å². The van der Waals surface area contributed by atoms with Gasteiger partial charge in [-0.15, -0.1) is 5.10 Å². The molecule has 0 radical (unpaired) electrons. The van der Waals surface area contributed by atoms with Crippen LogP contribution in [0.15, 0.2) is 0 Å². The average Bonchev–Trinajstić information content (AvgIpc) is 2.60. The molecule has 2 rings (SSSR count). The highest BCUT2D eigenvalue weighted by Crippen LogP contribution is 2.22. The van der Waals surface area contributed by atoms with Gasteiger partial charge in [0.2, 0.25) is 0 Å². The molecule has 1 aromatic rings. The van der Waals surface area contributed by atoms with Crippen molar-refractivity contribution in [2.24, 2.45) is 0 Å². The summed E-state index contributed by atoms with van der Waals surface area (Å²) in [4.78, 5) is 13.3. The van der Waals surface area contributed by atoms with Crippen molar-refractivity contribution in [3.05, 3.63) is 16.8 Å². The molecule has 0 aliphatic carbocycles. The average molecular weight is 317 g/mol. The zero-order chi connectivity index (χ0) is 16.8. The van der Waals surface area contributed by atoms with Crippen LogP contribution in [-0.2, 0) is 17.6 Å². The second kappa shape index (κ2) is 7.77. The standard InChI is InChI=1S/C16H23N5O2/c1-4-12-13(9-17)15(20-19-14(12)5-2)18-11-7-6-8-21(10-11)16(22)23-3/h11H,4-8,10H2,1-3H3,(H,18,20). The van der Waals surface area contributed by atoms with Crippen LogP contribution in [0.25, 0.3) is 0 Å². The first-order valence-electron chi connectivity index (χ1n) is 8.02. The van der Waals surface area contributed by atoms with E-state index in [-0.39, 0.29) is 12.1 Å². The maximum absolute atomic E-state index is 11.7. The summed E-state index contributed by atoms with van der Waals surface area (Å²) in [6.45, 7) is 5.25. The largest absolute Gasteiger partial charge is 0.453 e. The predicted octanol–water partition coefficient (Wildman–Crippen LogP) is 2.12. The molecule has 23 heavy (non-hydrogen) atoms. The van der Waals surface area contributed by atoms with E-state index in [4.69, 9.17) is 4.74 Å². The molecular formula is C16H23N5O2. The molecule has 2 heterocycles. The van der Waals surface area contributed by atoms with Crippen LogP contribution in [0.4, 0.5) is 10.6 Å². The number of carbonyl (C=O) groups is 1. The van der Waals surface area contributed by atoms with Crippen molar-refractivity contribution in [1.82, 2.24) is 15.1 Å². The number of nitrogens with one attached hydrogen (secondary N) is 1. The predicted molar refractivity (Wildman–Crippen MR) is 86.1 cm³/mol. The molecule has 7 heteroatoms. The summed E-state index contributed by atoms with van der Waals surface area (Å²) in [5, 5.41) is 21.2. The second-order valence-electron chi connectivity index (χ2n) is 5.57. The number of rotatable bonds is 4. The monoisotopic (exact) mass is 317 g/mol. The Morgan fingerprint density at radius 3 is 2.83 bits per heavy atom. The van der Waals surface area contributed by atoms with E-state index < -0.39 is 0 Å². The second-order valence-corrected chi connectivity index (χ2v) is 5.57. The molecule has 1 saturated heterocycles. The van der Waals surface area contributed by atoms with Gasteiger partial charge in [0.1, 0.15) is 11.6 Å². The van der Waals surface area contributed by atoms with Gasteiger partial charge in [0, 0.05) is 19.1 Å². The number of carbonyl (C=O) groups excluding carboxylic acids is 1. The van der Waals surface area contributed by atoms with Crippen molar-refractivity contribution >= 4 is 11.9 Å². The minimum Gasteiger partial charge on any atom is -0.453 e. The van der Waals surface area contributed by atoms with Crippen molar-refractivity contribution in [3.8, 4) is 6.07 Å². The Bertz CT molecular complexity index is 611. The molecule has 1 aliphatic heterocycles. The van der Waals surface area contributed by atoms with Gasteiger partial charge in [0.25, 0.3) is 0 Å². The molecule has 7 nitrogen and oxygen atoms in total. The summed E-state index contributed by atoms with van der Waals surface area (Å²) in [6.07, 6.45) is 2.98. The Labute approximate surface area is 136 Å². The highest BCUT2D eigenvalue weighted by atomic mass is 16.5. The molecule has 1 N–H and O–H groups in total. The summed E-state index contributed by atoms with van der Waals surface area (Å²) in [5.74, 6) is 0.512. The summed E-state index contributed by atoms with van der Waals surface area (Å²) >= 11 is 0. The van der Waals surface area contributed by atoms with Crippen molar-refractivity contribution in [2.45, 2.75) is 45.6 Å². The van der Waals surface area contributed by atoms with Crippen LogP contribution in [0.5, 0.6) is 0 Å². The van der Waals surface area contributed by atoms with Crippen molar-refractivity contribution in [3.63, 3.8) is 0 Å². The zero-order valence-corrected chi connectivity index (χ0v) is 13.9. The normalized spacial score (nSPS) is 17.5. The number of aryl methyl sites for hydroxylation is 1. The fraction of sp³-hybridized carbons (Fsp3) is 0.625. The van der Waals surface area contributed by atoms with Gasteiger partial charge >= 0.3 is 6.09 Å². The molecule has 0 aromatic carbocycles. The minimum atomic E-state index is -0.321. The number of nitriles is 1. The van der Waals surface area contributed by atoms with Crippen LogP contribution in [0, 0.1) is 11.3 Å². The highest BCUT2D eigenvalue weighted by Gasteiger charge is 2.25. The van der Waals surface area contributed by atoms with Gasteiger partial charge in [-0.2, -0.15) is 10.4 Å². The first kappa shape index (κ1) is 17.0. The van der Waals surface area contributed by atoms with Crippen LogP contribution in [0.2, 0.25) is 0 Å². The molecule has 1 fully saturated rings. The molecule has 1 aliphatic rings. The Balaban J connectivity index is 2.20. The zero-order valence-electron chi connectivity index (χ0n) is 13.9. The summed E-state index contributed by atoms with van der Waals surface area (Å²) in [5.41, 5.74) is 2.39. The Morgan fingerprint density at radius 1 is 1.43 bits per heavy atom. The molecule has 1 unspecified atom stereocenters. The number of aromatic nitrogens is 2. The Hall–Kier alpha value is -2.36. The van der Waals surface area contributed by atoms with Gasteiger partial charge in [-0.3, -0.25) is 0 Å². The van der Waals surface area contributed by atoms with Gasteiger partial charge in [-0.05, 0) is 31.2 Å². The van der Waals surface area contributed by atoms with Gasteiger partial charge in [-0.25, -0.2) is 4.79 Å². The number of nitrogens with zero attached hydrogens (tertiary/aromatic N) is 4. The number of amides is 1. The summed E-state index contributed by atoms with van der Waals surface area (Å²) in [7, 11) is 1.38. The SMILES string of the molecule is CCc1nnc(NC2CCCN(C(=O)OC)C2)c(C#N)c1CC. The maximum atomic E-state index is 11.7. The Morgan fingerprint density at radius 2 is 2.22 bits per heavy atom. The topological polar surface area (TPSA) is 91.1 Å². The number of anilines is 1. The quantitative estimate of drug-likeness (QED) is 0.914. The van der Waals surface area contributed by atoms with E-state index in [0.717, 1.165) is 36.9 Å². The number of piperidine rings is 1. The van der Waals surface area contributed by atoms with E-state index in [2.05, 4.69) is 21.6 Å². The summed E-state index contributed by atoms with van der Waals surface area (Å²) in [6, 6.07) is 2.30. The van der Waals surface area contributed by atoms with Gasteiger partial charge < -0.3 is 15.0 Å². The third-order valence-corrected chi connectivity index (χ3v) is 4.15. The van der Waals surface area contributed by atoms with E-state index >= 15 is 0 Å². The van der Waals surface area contributed by atoms with Crippen molar-refractivity contribution < 1.29 is 9.53 Å².